The van der Waals surface area contributed by atoms with Crippen LogP contribution in [-0.4, -0.2) is 74.1 Å². The summed E-state index contributed by atoms with van der Waals surface area (Å²) in [6, 6.07) is 9.80. The molecule has 0 unspecified atom stereocenters. The van der Waals surface area contributed by atoms with Crippen molar-refractivity contribution in [2.75, 3.05) is 64.4 Å². The second kappa shape index (κ2) is 13.0. The third-order valence-corrected chi connectivity index (χ3v) is 5.48. The summed E-state index contributed by atoms with van der Waals surface area (Å²) in [4.78, 5) is 7.03. The molecule has 2 heterocycles. The fourth-order valence-corrected chi connectivity index (χ4v) is 3.72. The van der Waals surface area contributed by atoms with Crippen LogP contribution in [0.5, 0.6) is 5.75 Å². The smallest absolute Gasteiger partial charge is 0.166 e. The predicted molar refractivity (Wildman–Crippen MR) is 131 cm³/mol. The van der Waals surface area contributed by atoms with Crippen LogP contribution in [0.1, 0.15) is 25.3 Å². The van der Waals surface area contributed by atoms with Gasteiger partial charge in [0.05, 0.1) is 30.9 Å². The molecule has 8 nitrogen and oxygen atoms in total. The second-order valence-electron chi connectivity index (χ2n) is 7.55. The number of aromatic nitrogens is 1. The van der Waals surface area contributed by atoms with Gasteiger partial charge in [-0.3, -0.25) is 4.90 Å². The number of rotatable bonds is 11. The Morgan fingerprint density at radius 2 is 1.97 bits per heavy atom. The van der Waals surface area contributed by atoms with E-state index in [1.54, 1.807) is 0 Å². The number of nitriles is 1. The first-order valence-electron chi connectivity index (χ1n) is 11.2. The van der Waals surface area contributed by atoms with Crippen molar-refractivity contribution in [3.05, 3.63) is 29.8 Å². The van der Waals surface area contributed by atoms with Crippen LogP contribution in [0.25, 0.3) is 10.9 Å². The van der Waals surface area contributed by atoms with E-state index in [4.69, 9.17) is 21.7 Å². The Morgan fingerprint density at radius 1 is 1.19 bits per heavy atom. The van der Waals surface area contributed by atoms with Crippen molar-refractivity contribution in [1.82, 2.24) is 20.5 Å². The third-order valence-electron chi connectivity index (χ3n) is 5.19. The Kier molecular flexibility index (Phi) is 9.75. The lowest BCUT2D eigenvalue weighted by atomic mass is 10.1. The highest BCUT2D eigenvalue weighted by Gasteiger charge is 2.09. The van der Waals surface area contributed by atoms with Crippen LogP contribution in [-0.2, 0) is 4.74 Å². The molecule has 1 aliphatic heterocycles. The van der Waals surface area contributed by atoms with E-state index in [1.165, 1.54) is 0 Å². The van der Waals surface area contributed by atoms with Gasteiger partial charge in [-0.15, -0.1) is 0 Å². The summed E-state index contributed by atoms with van der Waals surface area (Å²) < 4.78 is 10.9. The predicted octanol–water partition coefficient (Wildman–Crippen LogP) is 2.49. The fraction of sp³-hybridized carbons (Fsp3) is 0.522. The first-order valence-corrected chi connectivity index (χ1v) is 11.6. The van der Waals surface area contributed by atoms with Gasteiger partial charge in [0.2, 0.25) is 0 Å². The van der Waals surface area contributed by atoms with Crippen molar-refractivity contribution in [3.8, 4) is 11.8 Å². The molecule has 1 aromatic carbocycles. The van der Waals surface area contributed by atoms with Crippen molar-refractivity contribution in [3.63, 3.8) is 0 Å². The monoisotopic (exact) mass is 456 g/mol. The molecule has 1 aromatic heterocycles. The third kappa shape index (κ3) is 7.48. The van der Waals surface area contributed by atoms with Gasteiger partial charge >= 0.3 is 0 Å². The topological polar surface area (TPSA) is 94.5 Å². The van der Waals surface area contributed by atoms with Gasteiger partial charge in [-0.25, -0.2) is 4.98 Å². The van der Waals surface area contributed by atoms with E-state index < -0.39 is 0 Å². The number of nitrogens with zero attached hydrogens (tertiary/aromatic N) is 3. The van der Waals surface area contributed by atoms with Crippen LogP contribution < -0.4 is 20.7 Å². The number of benzene rings is 1. The molecular formula is C23H32N6O2S. The number of anilines is 1. The van der Waals surface area contributed by atoms with Gasteiger partial charge < -0.3 is 25.4 Å². The number of ether oxygens (including phenoxy) is 2. The average molecular weight is 457 g/mol. The summed E-state index contributed by atoms with van der Waals surface area (Å²) in [7, 11) is 0. The Balaban J connectivity index is 1.35. The first-order chi connectivity index (χ1) is 15.7. The maximum Gasteiger partial charge on any atom is 0.166 e. The number of hydrogen-bond donors (Lipinski definition) is 3. The molecule has 9 heteroatoms. The van der Waals surface area contributed by atoms with Crippen LogP contribution >= 0.6 is 12.2 Å². The highest BCUT2D eigenvalue weighted by molar-refractivity contribution is 7.80. The Hall–Kier alpha value is -2.67. The summed E-state index contributed by atoms with van der Waals surface area (Å²) in [6.07, 6.45) is 1.91. The van der Waals surface area contributed by atoms with Crippen molar-refractivity contribution in [2.45, 2.75) is 19.8 Å². The van der Waals surface area contributed by atoms with E-state index in [0.29, 0.717) is 29.6 Å². The van der Waals surface area contributed by atoms with Gasteiger partial charge in [-0.1, -0.05) is 0 Å². The van der Waals surface area contributed by atoms with Crippen molar-refractivity contribution >= 4 is 34.1 Å². The summed E-state index contributed by atoms with van der Waals surface area (Å²) in [5.41, 5.74) is 1.35. The molecule has 3 rings (SSSR count). The molecule has 0 spiro atoms. The second-order valence-corrected chi connectivity index (χ2v) is 7.96. The highest BCUT2D eigenvalue weighted by atomic mass is 32.1. The van der Waals surface area contributed by atoms with E-state index in [1.807, 2.05) is 31.2 Å². The first kappa shape index (κ1) is 24.0. The number of pyridine rings is 1. The molecule has 0 aliphatic carbocycles. The van der Waals surface area contributed by atoms with Crippen LogP contribution in [0.4, 0.5) is 5.82 Å². The molecule has 1 fully saturated rings. The maximum atomic E-state index is 9.50. The quantitative estimate of drug-likeness (QED) is 0.348. The minimum absolute atomic E-state index is 0.525. The Bertz CT molecular complexity index is 927. The molecule has 0 saturated carbocycles. The van der Waals surface area contributed by atoms with Crippen molar-refractivity contribution < 1.29 is 9.47 Å². The highest BCUT2D eigenvalue weighted by Crippen LogP contribution is 2.24. The summed E-state index contributed by atoms with van der Waals surface area (Å²) in [6.45, 7) is 9.61. The Labute approximate surface area is 195 Å². The van der Waals surface area contributed by atoms with E-state index in [-0.39, 0.29) is 0 Å². The SMILES string of the molecule is CCOc1ccc2nc(NCCCNC(=S)NCCCN3CCOCC3)c(C#N)cc2c1. The van der Waals surface area contributed by atoms with Crippen LogP contribution in [0.15, 0.2) is 24.3 Å². The standard InChI is InChI=1S/C23H32N6O2S/c1-2-31-20-5-6-21-18(16-20)15-19(17-24)22(28-21)25-7-3-8-26-23(32)27-9-4-10-29-11-13-30-14-12-29/h5-6,15-16H,2-4,7-14H2,1H3,(H,25,28)(H2,26,27,32). The molecule has 0 amide bonds. The van der Waals surface area contributed by atoms with Gasteiger partial charge in [0.1, 0.15) is 17.6 Å². The number of hydrogen-bond acceptors (Lipinski definition) is 7. The molecule has 0 bridgehead atoms. The Morgan fingerprint density at radius 3 is 2.72 bits per heavy atom. The van der Waals surface area contributed by atoms with Gasteiger partial charge in [-0.05, 0) is 62.8 Å². The van der Waals surface area contributed by atoms with Gasteiger partial charge in [0.25, 0.3) is 0 Å². The summed E-state index contributed by atoms with van der Waals surface area (Å²) in [5.74, 6) is 1.39. The number of fused-ring (bicyclic) bond motifs is 1. The minimum atomic E-state index is 0.525. The van der Waals surface area contributed by atoms with E-state index >= 15 is 0 Å². The van der Waals surface area contributed by atoms with Crippen molar-refractivity contribution in [2.24, 2.45) is 0 Å². The summed E-state index contributed by atoms with van der Waals surface area (Å²) in [5, 5.41) is 20.8. The molecule has 32 heavy (non-hydrogen) atoms. The van der Waals surface area contributed by atoms with Crippen LogP contribution in [0.3, 0.4) is 0 Å². The zero-order valence-corrected chi connectivity index (χ0v) is 19.5. The van der Waals surface area contributed by atoms with Gasteiger partial charge in [0, 0.05) is 38.1 Å². The maximum absolute atomic E-state index is 9.50. The van der Waals surface area contributed by atoms with E-state index in [2.05, 4.69) is 31.9 Å². The van der Waals surface area contributed by atoms with E-state index in [0.717, 1.165) is 75.4 Å². The minimum Gasteiger partial charge on any atom is -0.494 e. The molecule has 1 aliphatic rings. The molecular weight excluding hydrogens is 424 g/mol. The zero-order valence-electron chi connectivity index (χ0n) is 18.7. The normalized spacial score (nSPS) is 14.0. The zero-order chi connectivity index (χ0) is 22.6. The molecule has 172 valence electrons. The fourth-order valence-electron chi connectivity index (χ4n) is 3.52. The van der Waals surface area contributed by atoms with Crippen LogP contribution in [0.2, 0.25) is 0 Å². The lowest BCUT2D eigenvalue weighted by Crippen LogP contribution is -2.40. The lowest BCUT2D eigenvalue weighted by Gasteiger charge is -2.26. The molecule has 2 aromatic rings. The summed E-state index contributed by atoms with van der Waals surface area (Å²) >= 11 is 5.35. The van der Waals surface area contributed by atoms with Crippen molar-refractivity contribution in [1.29, 1.82) is 5.26 Å². The van der Waals surface area contributed by atoms with E-state index in [9.17, 15) is 5.26 Å². The number of nitrogens with one attached hydrogen (secondary N) is 3. The van der Waals surface area contributed by atoms with Gasteiger partial charge in [-0.2, -0.15) is 5.26 Å². The molecule has 3 N–H and O–H groups in total. The molecule has 1 saturated heterocycles. The molecule has 0 atom stereocenters. The van der Waals surface area contributed by atoms with Crippen LogP contribution in [0, 0.1) is 11.3 Å². The number of morpholine rings is 1. The largest absolute Gasteiger partial charge is 0.494 e. The van der Waals surface area contributed by atoms with Gasteiger partial charge in [0.15, 0.2) is 5.11 Å². The average Bonchev–Trinajstić information content (AvgIpc) is 2.82. The number of thiocarbonyl (C=S) groups is 1. The lowest BCUT2D eigenvalue weighted by molar-refractivity contribution is 0.0376. The molecule has 0 radical (unpaired) electrons.